The fourth-order valence-electron chi connectivity index (χ4n) is 6.26. The number of fused-ring (bicyclic) bond motifs is 6. The molecule has 1 spiro atoms. The second-order valence-electron chi connectivity index (χ2n) is 11.9. The van der Waals surface area contributed by atoms with Crippen molar-refractivity contribution < 1.29 is 24.1 Å². The Bertz CT molecular complexity index is 2050. The number of benzene rings is 5. The van der Waals surface area contributed by atoms with Gasteiger partial charge in [0.25, 0.3) is 0 Å². The number of rotatable bonds is 5. The Morgan fingerprint density at radius 1 is 0.761 bits per heavy atom. The summed E-state index contributed by atoms with van der Waals surface area (Å²) in [6.07, 6.45) is 0. The molecular formula is C38H32N2O5S. The molecule has 7 nitrogen and oxygen atoms in total. The van der Waals surface area contributed by atoms with Crippen molar-refractivity contribution >= 4 is 34.7 Å². The number of carbonyl (C=O) groups is 1. The third-order valence-electron chi connectivity index (χ3n) is 8.48. The highest BCUT2D eigenvalue weighted by Crippen LogP contribution is 2.57. The first-order valence-corrected chi connectivity index (χ1v) is 15.4. The molecule has 2 aliphatic rings. The molecule has 0 amide bonds. The van der Waals surface area contributed by atoms with Gasteiger partial charge in [-0.2, -0.15) is 0 Å². The highest BCUT2D eigenvalue weighted by Gasteiger charge is 2.53. The summed E-state index contributed by atoms with van der Waals surface area (Å²) in [6.45, 7) is 8.61. The molecule has 7 rings (SSSR count). The van der Waals surface area contributed by atoms with Gasteiger partial charge in [0, 0.05) is 40.2 Å². The van der Waals surface area contributed by atoms with Crippen LogP contribution >= 0.6 is 12.2 Å². The van der Waals surface area contributed by atoms with Crippen molar-refractivity contribution in [1.29, 1.82) is 0 Å². The average molecular weight is 629 g/mol. The molecule has 1 unspecified atom stereocenters. The lowest BCUT2D eigenvalue weighted by Gasteiger charge is -2.36. The van der Waals surface area contributed by atoms with Crippen LogP contribution in [0.2, 0.25) is 0 Å². The van der Waals surface area contributed by atoms with Crippen molar-refractivity contribution in [3.63, 3.8) is 0 Å². The molecule has 2 heterocycles. The van der Waals surface area contributed by atoms with E-state index in [1.165, 1.54) is 17.2 Å². The zero-order valence-corrected chi connectivity index (χ0v) is 26.7. The van der Waals surface area contributed by atoms with E-state index in [9.17, 15) is 9.90 Å². The van der Waals surface area contributed by atoms with Crippen LogP contribution in [0.1, 0.15) is 54.9 Å². The van der Waals surface area contributed by atoms with E-state index in [0.717, 1.165) is 22.4 Å². The van der Waals surface area contributed by atoms with Crippen LogP contribution in [-0.4, -0.2) is 16.2 Å². The second-order valence-corrected chi connectivity index (χ2v) is 12.3. The Morgan fingerprint density at radius 3 is 2.22 bits per heavy atom. The fourth-order valence-corrected chi connectivity index (χ4v) is 6.50. The molecule has 0 bridgehead atoms. The predicted molar refractivity (Wildman–Crippen MR) is 182 cm³/mol. The van der Waals surface area contributed by atoms with E-state index in [0.29, 0.717) is 56.9 Å². The molecule has 0 aromatic heterocycles. The van der Waals surface area contributed by atoms with Crippen molar-refractivity contribution in [2.24, 2.45) is 0 Å². The maximum absolute atomic E-state index is 13.6. The van der Waals surface area contributed by atoms with Crippen LogP contribution in [0, 0.1) is 27.7 Å². The number of nitrogens with one attached hydrogen (secondary N) is 2. The minimum atomic E-state index is -1.29. The molecule has 46 heavy (non-hydrogen) atoms. The molecule has 3 N–H and O–H groups in total. The lowest BCUT2D eigenvalue weighted by molar-refractivity contribution is 0.0224. The summed E-state index contributed by atoms with van der Waals surface area (Å²) in [7, 11) is 0. The predicted octanol–water partition coefficient (Wildman–Crippen LogP) is 8.58. The van der Waals surface area contributed by atoms with E-state index in [1.54, 1.807) is 24.3 Å². The van der Waals surface area contributed by atoms with Gasteiger partial charge < -0.3 is 30.0 Å². The lowest BCUT2D eigenvalue weighted by Crippen LogP contribution is -2.33. The third-order valence-corrected chi connectivity index (χ3v) is 8.68. The van der Waals surface area contributed by atoms with E-state index in [2.05, 4.69) is 48.7 Å². The highest BCUT2D eigenvalue weighted by atomic mass is 32.1. The van der Waals surface area contributed by atoms with Crippen LogP contribution < -0.4 is 20.1 Å². The molecular weight excluding hydrogens is 596 g/mol. The fraction of sp³-hybridized carbons (Fsp3) is 0.158. The molecule has 0 fully saturated rings. The summed E-state index contributed by atoms with van der Waals surface area (Å²) in [5.74, 6) is 1.02. The maximum atomic E-state index is 13.6. The van der Waals surface area contributed by atoms with Crippen LogP contribution in [0.25, 0.3) is 0 Å². The molecule has 0 aliphatic carbocycles. The van der Waals surface area contributed by atoms with Crippen LogP contribution in [0.3, 0.4) is 0 Å². The van der Waals surface area contributed by atoms with Crippen molar-refractivity contribution in [2.45, 2.75) is 39.9 Å². The minimum Gasteiger partial charge on any atom is -0.508 e. The molecule has 5 aromatic carbocycles. The number of phenols is 1. The second kappa shape index (κ2) is 11.2. The van der Waals surface area contributed by atoms with Crippen LogP contribution in [-0.2, 0) is 16.9 Å². The van der Waals surface area contributed by atoms with Crippen LogP contribution in [0.5, 0.6) is 23.0 Å². The number of esters is 1. The Hall–Kier alpha value is -5.34. The Balaban J connectivity index is 1.22. The Morgan fingerprint density at radius 2 is 1.46 bits per heavy atom. The van der Waals surface area contributed by atoms with Gasteiger partial charge in [0.2, 0.25) is 0 Å². The number of thiocarbonyl (C=S) groups is 1. The smallest absolute Gasteiger partial charge is 0.340 e. The minimum absolute atomic E-state index is 0.0356. The average Bonchev–Trinajstić information content (AvgIpc) is 3.28. The topological polar surface area (TPSA) is 89.1 Å². The number of hydrogen-bond donors (Lipinski definition) is 3. The molecule has 2 aliphatic heterocycles. The van der Waals surface area contributed by atoms with Gasteiger partial charge in [0.1, 0.15) is 29.6 Å². The molecule has 230 valence electrons. The van der Waals surface area contributed by atoms with E-state index in [1.807, 2.05) is 50.2 Å². The summed E-state index contributed by atoms with van der Waals surface area (Å²) in [5, 5.41) is 17.2. The number of hydrogen-bond acceptors (Lipinski definition) is 6. The molecule has 0 saturated carbocycles. The summed E-state index contributed by atoms with van der Waals surface area (Å²) in [5.41, 5.74) is 8.31. The first kappa shape index (κ1) is 29.4. The zero-order valence-electron chi connectivity index (χ0n) is 25.9. The van der Waals surface area contributed by atoms with Gasteiger partial charge >= 0.3 is 5.97 Å². The normalized spacial score (nSPS) is 15.7. The molecule has 8 heteroatoms. The van der Waals surface area contributed by atoms with Gasteiger partial charge in [-0.1, -0.05) is 30.3 Å². The Kier molecular flexibility index (Phi) is 7.17. The maximum Gasteiger partial charge on any atom is 0.340 e. The van der Waals surface area contributed by atoms with Crippen molar-refractivity contribution in [1.82, 2.24) is 0 Å². The van der Waals surface area contributed by atoms with Gasteiger partial charge in [-0.05, 0) is 116 Å². The van der Waals surface area contributed by atoms with Crippen LogP contribution in [0.4, 0.5) is 11.4 Å². The van der Waals surface area contributed by atoms with Gasteiger partial charge in [0.05, 0.1) is 5.56 Å². The van der Waals surface area contributed by atoms with Crippen molar-refractivity contribution in [2.75, 3.05) is 10.6 Å². The van der Waals surface area contributed by atoms with Gasteiger partial charge in [0.15, 0.2) is 10.7 Å². The van der Waals surface area contributed by atoms with E-state index >= 15 is 0 Å². The van der Waals surface area contributed by atoms with E-state index in [-0.39, 0.29) is 5.75 Å². The highest BCUT2D eigenvalue weighted by molar-refractivity contribution is 7.80. The molecule has 1 atom stereocenters. The quantitative estimate of drug-likeness (QED) is 0.132. The van der Waals surface area contributed by atoms with E-state index < -0.39 is 11.6 Å². The van der Waals surface area contributed by atoms with E-state index in [4.69, 9.17) is 26.4 Å². The first-order valence-electron chi connectivity index (χ1n) is 15.0. The van der Waals surface area contributed by atoms with Crippen molar-refractivity contribution in [3.05, 3.63) is 141 Å². The number of anilines is 2. The lowest BCUT2D eigenvalue weighted by atomic mass is 9.77. The van der Waals surface area contributed by atoms with Crippen molar-refractivity contribution in [3.8, 4) is 23.0 Å². The number of ether oxygens (including phenoxy) is 3. The number of phenolic OH excluding ortho intramolecular Hbond substituents is 1. The van der Waals surface area contributed by atoms with Gasteiger partial charge in [-0.25, -0.2) is 4.79 Å². The molecule has 5 aromatic rings. The molecule has 0 radical (unpaired) electrons. The summed E-state index contributed by atoms with van der Waals surface area (Å²) in [6, 6.07) is 28.2. The third kappa shape index (κ3) is 5.20. The van der Waals surface area contributed by atoms with Crippen LogP contribution in [0.15, 0.2) is 91.0 Å². The standard InChI is InChI=1S/C38H32N2O5S/c1-21-13-22(2)15-27(14-21)40-37(46)39-26-7-10-31-30(17-26)36(42)45-38(31)32-11-8-28(41)18-34(32)44-35-19-29(9-12-33(35)38)43-20-25-6-5-23(3)24(4)16-25/h5-19,41H,20H2,1-4H3,(H2,39,40,46). The number of carbonyl (C=O) groups excluding carboxylic acids is 1. The van der Waals surface area contributed by atoms with Gasteiger partial charge in [-0.3, -0.25) is 0 Å². The first-order chi connectivity index (χ1) is 22.1. The Labute approximate surface area is 272 Å². The summed E-state index contributed by atoms with van der Waals surface area (Å²) >= 11 is 5.58. The number of aryl methyl sites for hydroxylation is 4. The monoisotopic (exact) mass is 628 g/mol. The zero-order chi connectivity index (χ0) is 32.2. The SMILES string of the molecule is Cc1cc(C)cc(NC(=S)Nc2ccc3c(c2)C(=O)OC32c3ccc(O)cc3Oc3cc(OCc4ccc(C)c(C)c4)ccc32)c1. The number of aromatic hydroxyl groups is 1. The van der Waals surface area contributed by atoms with Gasteiger partial charge in [-0.15, -0.1) is 0 Å². The molecule has 0 saturated heterocycles. The summed E-state index contributed by atoms with van der Waals surface area (Å²) < 4.78 is 18.8. The largest absolute Gasteiger partial charge is 0.508 e. The summed E-state index contributed by atoms with van der Waals surface area (Å²) in [4.78, 5) is 13.6.